The van der Waals surface area contributed by atoms with Crippen molar-refractivity contribution in [2.24, 2.45) is 0 Å². The first-order valence-electron chi connectivity index (χ1n) is 5.67. The van der Waals surface area contributed by atoms with E-state index in [-0.39, 0.29) is 5.91 Å². The fraction of sp³-hybridized carbons (Fsp3) is 0.583. The Kier molecular flexibility index (Phi) is 3.70. The van der Waals surface area contributed by atoms with Crippen molar-refractivity contribution < 1.29 is 4.79 Å². The fourth-order valence-corrected chi connectivity index (χ4v) is 3.71. The van der Waals surface area contributed by atoms with Crippen molar-refractivity contribution in [1.29, 1.82) is 0 Å². The number of likely N-dealkylation sites (tertiary alicyclic amines) is 1. The number of piperidine rings is 1. The normalized spacial score (nSPS) is 25.8. The standard InChI is InChI=1S/C12H16BrNOS/c1-8-4-3-5-9(2)14(8)12(15)10-6-7-11(13)16-10/h6-9H,3-5H2,1-2H3/t8-,9-/m0/s1. The highest BCUT2D eigenvalue weighted by Crippen LogP contribution is 2.28. The van der Waals surface area contributed by atoms with E-state index in [4.69, 9.17) is 0 Å². The van der Waals surface area contributed by atoms with Gasteiger partial charge in [0.1, 0.15) is 0 Å². The fourth-order valence-electron chi connectivity index (χ4n) is 2.38. The van der Waals surface area contributed by atoms with Gasteiger partial charge in [-0.1, -0.05) is 0 Å². The van der Waals surface area contributed by atoms with E-state index in [1.54, 1.807) is 0 Å². The quantitative estimate of drug-likeness (QED) is 0.770. The Balaban J connectivity index is 2.19. The molecule has 1 fully saturated rings. The number of carbonyl (C=O) groups is 1. The van der Waals surface area contributed by atoms with Crippen LogP contribution < -0.4 is 0 Å². The van der Waals surface area contributed by atoms with Crippen molar-refractivity contribution >= 4 is 33.2 Å². The summed E-state index contributed by atoms with van der Waals surface area (Å²) in [5.41, 5.74) is 0. The molecule has 2 rings (SSSR count). The lowest BCUT2D eigenvalue weighted by Crippen LogP contribution is -2.47. The van der Waals surface area contributed by atoms with Gasteiger partial charge in [-0.05, 0) is 61.2 Å². The van der Waals surface area contributed by atoms with E-state index in [0.717, 1.165) is 21.5 Å². The molecule has 1 aromatic rings. The number of hydrogen-bond acceptors (Lipinski definition) is 2. The zero-order valence-corrected chi connectivity index (χ0v) is 12.0. The third-order valence-electron chi connectivity index (χ3n) is 3.21. The van der Waals surface area contributed by atoms with E-state index in [1.807, 2.05) is 17.0 Å². The third kappa shape index (κ3) is 2.33. The molecule has 0 aromatic carbocycles. The average molecular weight is 302 g/mol. The molecule has 4 heteroatoms. The summed E-state index contributed by atoms with van der Waals surface area (Å²) in [5.74, 6) is 0.190. The van der Waals surface area contributed by atoms with Crippen LogP contribution in [-0.2, 0) is 0 Å². The predicted molar refractivity (Wildman–Crippen MR) is 71.0 cm³/mol. The summed E-state index contributed by atoms with van der Waals surface area (Å²) >= 11 is 4.92. The van der Waals surface area contributed by atoms with E-state index in [1.165, 1.54) is 17.8 Å². The van der Waals surface area contributed by atoms with Crippen molar-refractivity contribution in [3.63, 3.8) is 0 Å². The summed E-state index contributed by atoms with van der Waals surface area (Å²) in [5, 5.41) is 0. The molecule has 0 radical (unpaired) electrons. The molecule has 0 saturated carbocycles. The minimum absolute atomic E-state index is 0.190. The van der Waals surface area contributed by atoms with E-state index >= 15 is 0 Å². The first-order chi connectivity index (χ1) is 7.59. The highest BCUT2D eigenvalue weighted by atomic mass is 79.9. The van der Waals surface area contributed by atoms with Crippen molar-refractivity contribution in [2.75, 3.05) is 0 Å². The Morgan fingerprint density at radius 2 is 2.00 bits per heavy atom. The summed E-state index contributed by atoms with van der Waals surface area (Å²) < 4.78 is 1.02. The number of carbonyl (C=O) groups excluding carboxylic acids is 1. The van der Waals surface area contributed by atoms with E-state index < -0.39 is 0 Å². The minimum Gasteiger partial charge on any atom is -0.333 e. The second kappa shape index (κ2) is 4.88. The molecule has 0 unspecified atom stereocenters. The molecule has 1 aromatic heterocycles. The lowest BCUT2D eigenvalue weighted by Gasteiger charge is -2.38. The van der Waals surface area contributed by atoms with E-state index in [0.29, 0.717) is 12.1 Å². The van der Waals surface area contributed by atoms with Crippen molar-refractivity contribution in [3.05, 3.63) is 20.8 Å². The summed E-state index contributed by atoms with van der Waals surface area (Å²) in [6.45, 7) is 4.30. The zero-order valence-electron chi connectivity index (χ0n) is 9.57. The number of hydrogen-bond donors (Lipinski definition) is 0. The molecule has 88 valence electrons. The second-order valence-corrected chi connectivity index (χ2v) is 6.91. The van der Waals surface area contributed by atoms with Crippen LogP contribution >= 0.6 is 27.3 Å². The molecule has 2 heterocycles. The first-order valence-corrected chi connectivity index (χ1v) is 7.28. The molecule has 1 aliphatic rings. The van der Waals surface area contributed by atoms with Gasteiger partial charge in [-0.15, -0.1) is 11.3 Å². The number of amides is 1. The van der Waals surface area contributed by atoms with Crippen LogP contribution in [0.4, 0.5) is 0 Å². The second-order valence-electron chi connectivity index (χ2n) is 4.45. The molecular weight excluding hydrogens is 286 g/mol. The number of thiophene rings is 1. The third-order valence-corrected chi connectivity index (χ3v) is 4.82. The van der Waals surface area contributed by atoms with Crippen LogP contribution in [0.1, 0.15) is 42.8 Å². The zero-order chi connectivity index (χ0) is 11.7. The molecule has 0 spiro atoms. The summed E-state index contributed by atoms with van der Waals surface area (Å²) in [4.78, 5) is 15.2. The summed E-state index contributed by atoms with van der Waals surface area (Å²) in [6, 6.07) is 4.59. The van der Waals surface area contributed by atoms with Crippen LogP contribution in [0, 0.1) is 0 Å². The first kappa shape index (κ1) is 12.1. The summed E-state index contributed by atoms with van der Waals surface area (Å²) in [7, 11) is 0. The Hall–Kier alpha value is -0.350. The van der Waals surface area contributed by atoms with E-state index in [9.17, 15) is 4.79 Å². The van der Waals surface area contributed by atoms with Gasteiger partial charge in [0.05, 0.1) is 8.66 Å². The Labute approximate surface area is 109 Å². The van der Waals surface area contributed by atoms with Gasteiger partial charge in [0, 0.05) is 12.1 Å². The van der Waals surface area contributed by atoms with Crippen LogP contribution in [0.25, 0.3) is 0 Å². The molecule has 2 nitrogen and oxygen atoms in total. The maximum absolute atomic E-state index is 12.3. The monoisotopic (exact) mass is 301 g/mol. The van der Waals surface area contributed by atoms with Gasteiger partial charge in [0.2, 0.25) is 0 Å². The van der Waals surface area contributed by atoms with Crippen LogP contribution in [0.3, 0.4) is 0 Å². The molecule has 0 N–H and O–H groups in total. The molecule has 2 atom stereocenters. The Bertz CT molecular complexity index is 380. The van der Waals surface area contributed by atoms with Gasteiger partial charge < -0.3 is 4.90 Å². The molecule has 0 bridgehead atoms. The van der Waals surface area contributed by atoms with Gasteiger partial charge in [-0.25, -0.2) is 0 Å². The molecular formula is C12H16BrNOS. The van der Waals surface area contributed by atoms with E-state index in [2.05, 4.69) is 29.8 Å². The molecule has 1 aliphatic heterocycles. The Morgan fingerprint density at radius 1 is 1.38 bits per heavy atom. The largest absolute Gasteiger partial charge is 0.333 e. The van der Waals surface area contributed by atoms with Crippen LogP contribution in [0.2, 0.25) is 0 Å². The SMILES string of the molecule is C[C@H]1CCC[C@H](C)N1C(=O)c1ccc(Br)s1. The minimum atomic E-state index is 0.190. The van der Waals surface area contributed by atoms with Crippen LogP contribution in [0.15, 0.2) is 15.9 Å². The molecule has 1 amide bonds. The van der Waals surface area contributed by atoms with Gasteiger partial charge in [-0.2, -0.15) is 0 Å². The lowest BCUT2D eigenvalue weighted by molar-refractivity contribution is 0.0516. The number of rotatable bonds is 1. The van der Waals surface area contributed by atoms with Crippen LogP contribution in [0.5, 0.6) is 0 Å². The topological polar surface area (TPSA) is 20.3 Å². The molecule has 16 heavy (non-hydrogen) atoms. The lowest BCUT2D eigenvalue weighted by atomic mass is 9.97. The maximum atomic E-state index is 12.3. The maximum Gasteiger partial charge on any atom is 0.264 e. The van der Waals surface area contributed by atoms with Gasteiger partial charge >= 0.3 is 0 Å². The molecule has 0 aliphatic carbocycles. The average Bonchev–Trinajstić information content (AvgIpc) is 2.64. The smallest absolute Gasteiger partial charge is 0.264 e. The van der Waals surface area contributed by atoms with Gasteiger partial charge in [-0.3, -0.25) is 4.79 Å². The Morgan fingerprint density at radius 3 is 2.50 bits per heavy atom. The number of nitrogens with zero attached hydrogens (tertiary/aromatic N) is 1. The molecule has 1 saturated heterocycles. The van der Waals surface area contributed by atoms with Crippen molar-refractivity contribution in [3.8, 4) is 0 Å². The van der Waals surface area contributed by atoms with Gasteiger partial charge in [0.25, 0.3) is 5.91 Å². The highest BCUT2D eigenvalue weighted by Gasteiger charge is 2.30. The highest BCUT2D eigenvalue weighted by molar-refractivity contribution is 9.11. The van der Waals surface area contributed by atoms with Gasteiger partial charge in [0.15, 0.2) is 0 Å². The van der Waals surface area contributed by atoms with Crippen molar-refractivity contribution in [2.45, 2.75) is 45.2 Å². The van der Waals surface area contributed by atoms with Crippen LogP contribution in [-0.4, -0.2) is 22.9 Å². The summed E-state index contributed by atoms with van der Waals surface area (Å²) in [6.07, 6.45) is 3.49. The van der Waals surface area contributed by atoms with Crippen molar-refractivity contribution in [1.82, 2.24) is 4.90 Å². The predicted octanol–water partition coefficient (Wildman–Crippen LogP) is 3.91. The number of halogens is 1.